The highest BCUT2D eigenvalue weighted by atomic mass is 35.5. The van der Waals surface area contributed by atoms with E-state index < -0.39 is 0 Å². The second-order valence-corrected chi connectivity index (χ2v) is 6.99. The minimum atomic E-state index is 0.458. The summed E-state index contributed by atoms with van der Waals surface area (Å²) >= 11 is 6.29. The first-order valence-corrected chi connectivity index (χ1v) is 9.13. The number of methoxy groups -OCH3 is 1. The summed E-state index contributed by atoms with van der Waals surface area (Å²) < 4.78 is 5.58. The number of nitrogens with zero attached hydrogens (tertiary/aromatic N) is 5. The number of aromatic nitrogens is 2. The summed E-state index contributed by atoms with van der Waals surface area (Å²) in [5.41, 5.74) is 3.45. The molecule has 3 heterocycles. The van der Waals surface area contributed by atoms with Crippen molar-refractivity contribution in [2.45, 2.75) is 13.0 Å². The maximum Gasteiger partial charge on any atom is 0.229 e. The molecule has 140 valence electrons. The molecular formula is C19H21ClN6O. The molecule has 0 atom stereocenters. The Hall–Kier alpha value is -2.64. The van der Waals surface area contributed by atoms with Crippen molar-refractivity contribution in [3.05, 3.63) is 46.8 Å². The number of rotatable bonds is 4. The van der Waals surface area contributed by atoms with Crippen LogP contribution in [0.1, 0.15) is 11.1 Å². The van der Waals surface area contributed by atoms with Crippen molar-refractivity contribution < 1.29 is 4.74 Å². The highest BCUT2D eigenvalue weighted by Gasteiger charge is 2.18. The maximum absolute atomic E-state index is 6.29. The van der Waals surface area contributed by atoms with E-state index in [1.807, 2.05) is 17.2 Å². The summed E-state index contributed by atoms with van der Waals surface area (Å²) in [6.07, 6.45) is 8.10. The molecule has 0 bridgehead atoms. The number of likely N-dealkylation sites (N-methyl/N-ethyl adjacent to an activating group) is 1. The van der Waals surface area contributed by atoms with Gasteiger partial charge >= 0.3 is 0 Å². The van der Waals surface area contributed by atoms with Gasteiger partial charge in [0.05, 0.1) is 19.0 Å². The topological polar surface area (TPSA) is 65.9 Å². The molecule has 0 amide bonds. The van der Waals surface area contributed by atoms with Crippen LogP contribution < -0.4 is 15.0 Å². The Balaban J connectivity index is 1.65. The molecule has 0 unspecified atom stereocenters. The van der Waals surface area contributed by atoms with E-state index >= 15 is 0 Å². The Morgan fingerprint density at radius 2 is 2.15 bits per heavy atom. The smallest absolute Gasteiger partial charge is 0.229 e. The van der Waals surface area contributed by atoms with Crippen molar-refractivity contribution in [1.29, 1.82) is 0 Å². The number of allylic oxidation sites excluding steroid dienone is 1. The normalized spacial score (nSPS) is 16.3. The summed E-state index contributed by atoms with van der Waals surface area (Å²) in [6.45, 7) is 2.44. The van der Waals surface area contributed by atoms with Gasteiger partial charge in [0.2, 0.25) is 5.95 Å². The highest BCUT2D eigenvalue weighted by Crippen LogP contribution is 2.33. The summed E-state index contributed by atoms with van der Waals surface area (Å²) in [7, 11) is 3.80. The van der Waals surface area contributed by atoms with E-state index in [1.54, 1.807) is 19.5 Å². The van der Waals surface area contributed by atoms with Gasteiger partial charge in [-0.15, -0.1) is 0 Å². The number of aliphatic imine (C=N–C) groups is 1. The highest BCUT2D eigenvalue weighted by molar-refractivity contribution is 6.32. The third kappa shape index (κ3) is 3.74. The van der Waals surface area contributed by atoms with Crippen molar-refractivity contribution >= 4 is 35.3 Å². The Bertz CT molecular complexity index is 913. The molecule has 0 fully saturated rings. The summed E-state index contributed by atoms with van der Waals surface area (Å²) in [5.74, 6) is 1.85. The SMILES string of the molecule is COc1cc2c(cc1Nc1ncc(Cl)c(N3C=CC=NC3)n1)CN(C)CC2. The van der Waals surface area contributed by atoms with Crippen LogP contribution in [0.2, 0.25) is 5.02 Å². The number of benzene rings is 1. The molecule has 2 aliphatic heterocycles. The van der Waals surface area contributed by atoms with Crippen LogP contribution in [0.15, 0.2) is 35.6 Å². The van der Waals surface area contributed by atoms with Crippen molar-refractivity contribution in [2.75, 3.05) is 37.6 Å². The minimum absolute atomic E-state index is 0.458. The van der Waals surface area contributed by atoms with Gasteiger partial charge in [0.25, 0.3) is 0 Å². The lowest BCUT2D eigenvalue weighted by Crippen LogP contribution is -2.26. The standard InChI is InChI=1S/C19H21ClN6O/c1-25-7-4-13-9-17(27-2)16(8-14(13)11-25)23-19-22-10-15(20)18(24-19)26-6-3-5-21-12-26/h3,5-6,8-10H,4,7,11-12H2,1-2H3,(H,22,23,24). The molecule has 7 nitrogen and oxygen atoms in total. The van der Waals surface area contributed by atoms with Gasteiger partial charge in [0, 0.05) is 25.5 Å². The molecule has 1 aromatic carbocycles. The zero-order valence-corrected chi connectivity index (χ0v) is 16.1. The maximum atomic E-state index is 6.29. The second-order valence-electron chi connectivity index (χ2n) is 6.58. The van der Waals surface area contributed by atoms with Gasteiger partial charge in [0.15, 0.2) is 5.82 Å². The van der Waals surface area contributed by atoms with Crippen LogP contribution in [0.25, 0.3) is 0 Å². The number of halogens is 1. The Kier molecular flexibility index (Phi) is 4.96. The zero-order valence-electron chi connectivity index (χ0n) is 15.3. The molecule has 0 saturated carbocycles. The third-order valence-corrected chi connectivity index (χ3v) is 4.93. The van der Waals surface area contributed by atoms with E-state index in [-0.39, 0.29) is 0 Å². The van der Waals surface area contributed by atoms with E-state index in [1.165, 1.54) is 11.1 Å². The fourth-order valence-corrected chi connectivity index (χ4v) is 3.46. The fourth-order valence-electron chi connectivity index (χ4n) is 3.26. The minimum Gasteiger partial charge on any atom is -0.495 e. The first-order chi connectivity index (χ1) is 13.1. The number of hydrogen-bond acceptors (Lipinski definition) is 7. The Morgan fingerprint density at radius 1 is 1.26 bits per heavy atom. The number of ether oxygens (including phenoxy) is 1. The molecule has 1 aromatic heterocycles. The largest absolute Gasteiger partial charge is 0.495 e. The van der Waals surface area contributed by atoms with Gasteiger partial charge in [-0.2, -0.15) is 4.98 Å². The molecule has 0 saturated heterocycles. The van der Waals surface area contributed by atoms with Crippen LogP contribution >= 0.6 is 11.6 Å². The lowest BCUT2D eigenvalue weighted by atomic mass is 9.99. The van der Waals surface area contributed by atoms with Crippen LogP contribution in [0.3, 0.4) is 0 Å². The average molecular weight is 385 g/mol. The monoisotopic (exact) mass is 384 g/mol. The second kappa shape index (κ2) is 7.54. The molecule has 1 N–H and O–H groups in total. The van der Waals surface area contributed by atoms with Crippen LogP contribution in [-0.2, 0) is 13.0 Å². The van der Waals surface area contributed by atoms with E-state index in [4.69, 9.17) is 16.3 Å². The van der Waals surface area contributed by atoms with Gasteiger partial charge in [-0.1, -0.05) is 11.6 Å². The molecule has 0 radical (unpaired) electrons. The van der Waals surface area contributed by atoms with Gasteiger partial charge < -0.3 is 19.9 Å². The third-order valence-electron chi connectivity index (χ3n) is 4.66. The number of fused-ring (bicyclic) bond motifs is 1. The van der Waals surface area contributed by atoms with Crippen LogP contribution in [0.4, 0.5) is 17.5 Å². The predicted octanol–water partition coefficient (Wildman–Crippen LogP) is 3.23. The molecule has 0 spiro atoms. The van der Waals surface area contributed by atoms with Gasteiger partial charge in [-0.05, 0) is 42.8 Å². The van der Waals surface area contributed by atoms with E-state index in [0.29, 0.717) is 23.5 Å². The molecule has 0 aliphatic carbocycles. The first kappa shape index (κ1) is 17.8. The molecule has 2 aliphatic rings. The summed E-state index contributed by atoms with van der Waals surface area (Å²) in [4.78, 5) is 17.3. The van der Waals surface area contributed by atoms with Crippen LogP contribution in [-0.4, -0.2) is 48.5 Å². The fraction of sp³-hybridized carbons (Fsp3) is 0.316. The lowest BCUT2D eigenvalue weighted by molar-refractivity contribution is 0.312. The zero-order chi connectivity index (χ0) is 18.8. The van der Waals surface area contributed by atoms with Gasteiger partial charge in [-0.25, -0.2) is 4.98 Å². The molecule has 2 aromatic rings. The van der Waals surface area contributed by atoms with Crippen molar-refractivity contribution in [1.82, 2.24) is 14.9 Å². The van der Waals surface area contributed by atoms with E-state index in [9.17, 15) is 0 Å². The lowest BCUT2D eigenvalue weighted by Gasteiger charge is -2.26. The molecule has 8 heteroatoms. The van der Waals surface area contributed by atoms with Crippen molar-refractivity contribution in [3.63, 3.8) is 0 Å². The average Bonchev–Trinajstić information content (AvgIpc) is 2.69. The summed E-state index contributed by atoms with van der Waals surface area (Å²) in [6, 6.07) is 4.22. The molecule has 4 rings (SSSR count). The Labute approximate surface area is 163 Å². The van der Waals surface area contributed by atoms with Crippen LogP contribution in [0, 0.1) is 0 Å². The number of hydrogen-bond donors (Lipinski definition) is 1. The van der Waals surface area contributed by atoms with Crippen molar-refractivity contribution in [2.24, 2.45) is 4.99 Å². The van der Waals surface area contributed by atoms with Gasteiger partial charge in [-0.3, -0.25) is 4.99 Å². The molecule has 27 heavy (non-hydrogen) atoms. The summed E-state index contributed by atoms with van der Waals surface area (Å²) in [5, 5.41) is 3.75. The van der Waals surface area contributed by atoms with E-state index in [2.05, 4.69) is 44.4 Å². The first-order valence-electron chi connectivity index (χ1n) is 8.75. The number of nitrogens with one attached hydrogen (secondary N) is 1. The van der Waals surface area contributed by atoms with E-state index in [0.717, 1.165) is 30.9 Å². The van der Waals surface area contributed by atoms with Crippen LogP contribution in [0.5, 0.6) is 5.75 Å². The number of anilines is 3. The predicted molar refractivity (Wildman–Crippen MR) is 108 cm³/mol. The van der Waals surface area contributed by atoms with Crippen molar-refractivity contribution in [3.8, 4) is 5.75 Å². The van der Waals surface area contributed by atoms with Gasteiger partial charge in [0.1, 0.15) is 17.4 Å². The molecular weight excluding hydrogens is 364 g/mol. The Morgan fingerprint density at radius 3 is 2.93 bits per heavy atom. The quantitative estimate of drug-likeness (QED) is 0.873.